The highest BCUT2D eigenvalue weighted by Crippen LogP contribution is 2.23. The maximum absolute atomic E-state index is 13.7. The van der Waals surface area contributed by atoms with Gasteiger partial charge in [0.05, 0.1) is 6.10 Å². The molecule has 1 atom stereocenters. The number of hydrogen-bond acceptors (Lipinski definition) is 2. The van der Waals surface area contributed by atoms with Crippen molar-refractivity contribution >= 4 is 0 Å². The highest BCUT2D eigenvalue weighted by atomic mass is 19.1. The molecular formula is C15H13F3O2. The van der Waals surface area contributed by atoms with Gasteiger partial charge in [-0.1, -0.05) is 6.07 Å². The second-order valence-corrected chi connectivity index (χ2v) is 4.43. The van der Waals surface area contributed by atoms with Crippen LogP contribution in [0.4, 0.5) is 13.2 Å². The summed E-state index contributed by atoms with van der Waals surface area (Å²) >= 11 is 0. The third-order valence-corrected chi connectivity index (χ3v) is 2.76. The summed E-state index contributed by atoms with van der Waals surface area (Å²) in [6, 6.07) is 7.03. The first-order valence-electron chi connectivity index (χ1n) is 6.01. The highest BCUT2D eigenvalue weighted by Gasteiger charge is 2.09. The van der Waals surface area contributed by atoms with Crippen molar-refractivity contribution in [2.75, 3.05) is 0 Å². The van der Waals surface area contributed by atoms with Crippen LogP contribution in [0.15, 0.2) is 36.4 Å². The van der Waals surface area contributed by atoms with Gasteiger partial charge < -0.3 is 9.84 Å². The van der Waals surface area contributed by atoms with Gasteiger partial charge in [0.2, 0.25) is 0 Å². The van der Waals surface area contributed by atoms with Gasteiger partial charge in [-0.2, -0.15) is 0 Å². The van der Waals surface area contributed by atoms with Gasteiger partial charge in [0.1, 0.15) is 18.2 Å². The molecule has 0 saturated carbocycles. The zero-order valence-electron chi connectivity index (χ0n) is 10.7. The Hall–Kier alpha value is -2.01. The molecule has 0 radical (unpaired) electrons. The van der Waals surface area contributed by atoms with Crippen LogP contribution in [0, 0.1) is 17.5 Å². The molecule has 5 heteroatoms. The fraction of sp³-hybridized carbons (Fsp3) is 0.200. The van der Waals surface area contributed by atoms with Gasteiger partial charge in [0, 0.05) is 6.07 Å². The zero-order valence-corrected chi connectivity index (χ0v) is 10.7. The van der Waals surface area contributed by atoms with Crippen molar-refractivity contribution < 1.29 is 23.0 Å². The minimum Gasteiger partial charge on any atom is -0.486 e. The molecule has 1 unspecified atom stereocenters. The quantitative estimate of drug-likeness (QED) is 0.925. The lowest BCUT2D eigenvalue weighted by Gasteiger charge is -2.10. The molecule has 0 spiro atoms. The van der Waals surface area contributed by atoms with E-state index in [1.165, 1.54) is 19.1 Å². The Morgan fingerprint density at radius 2 is 1.70 bits per heavy atom. The van der Waals surface area contributed by atoms with E-state index >= 15 is 0 Å². The number of benzene rings is 2. The van der Waals surface area contributed by atoms with Gasteiger partial charge in [-0.15, -0.1) is 0 Å². The number of hydrogen-bond donors (Lipinski definition) is 1. The molecule has 0 saturated heterocycles. The number of aliphatic hydroxyl groups is 1. The van der Waals surface area contributed by atoms with E-state index in [1.54, 1.807) is 0 Å². The van der Waals surface area contributed by atoms with E-state index < -0.39 is 23.6 Å². The van der Waals surface area contributed by atoms with Crippen molar-refractivity contribution in [3.05, 3.63) is 65.0 Å². The van der Waals surface area contributed by atoms with Crippen LogP contribution in [0.5, 0.6) is 5.75 Å². The van der Waals surface area contributed by atoms with Crippen LogP contribution in [0.1, 0.15) is 24.2 Å². The Bertz CT molecular complexity index is 592. The van der Waals surface area contributed by atoms with Crippen molar-refractivity contribution in [1.29, 1.82) is 0 Å². The topological polar surface area (TPSA) is 29.5 Å². The Labute approximate surface area is 114 Å². The zero-order chi connectivity index (χ0) is 14.7. The van der Waals surface area contributed by atoms with Crippen LogP contribution in [-0.4, -0.2) is 5.11 Å². The van der Waals surface area contributed by atoms with E-state index in [0.29, 0.717) is 5.56 Å². The molecule has 0 aliphatic heterocycles. The average molecular weight is 282 g/mol. The molecule has 0 fully saturated rings. The Morgan fingerprint density at radius 3 is 2.25 bits per heavy atom. The van der Waals surface area contributed by atoms with Gasteiger partial charge in [-0.25, -0.2) is 13.2 Å². The molecule has 2 aromatic carbocycles. The first-order chi connectivity index (χ1) is 9.45. The summed E-state index contributed by atoms with van der Waals surface area (Å²) in [5, 5.41) is 9.32. The summed E-state index contributed by atoms with van der Waals surface area (Å²) < 4.78 is 44.8. The number of ether oxygens (including phenoxy) is 1. The lowest BCUT2D eigenvalue weighted by atomic mass is 10.1. The van der Waals surface area contributed by atoms with E-state index in [1.807, 2.05) is 0 Å². The van der Waals surface area contributed by atoms with Crippen LogP contribution in [0.25, 0.3) is 0 Å². The summed E-state index contributed by atoms with van der Waals surface area (Å²) in [6.45, 7) is 1.37. The van der Waals surface area contributed by atoms with E-state index in [2.05, 4.69) is 0 Å². The molecule has 2 aromatic rings. The van der Waals surface area contributed by atoms with Crippen molar-refractivity contribution in [3.8, 4) is 5.75 Å². The fourth-order valence-corrected chi connectivity index (χ4v) is 1.75. The molecule has 0 heterocycles. The number of rotatable bonds is 4. The van der Waals surface area contributed by atoms with Crippen molar-refractivity contribution in [2.45, 2.75) is 19.6 Å². The lowest BCUT2D eigenvalue weighted by Crippen LogP contribution is -2.00. The molecule has 0 amide bonds. The standard InChI is InChI=1S/C15H13F3O2/c1-9(19)11-2-3-15(14(18)6-11)20-8-10-4-12(16)7-13(17)5-10/h2-7,9,19H,8H2,1H3. The van der Waals surface area contributed by atoms with Crippen LogP contribution in [0.2, 0.25) is 0 Å². The van der Waals surface area contributed by atoms with Gasteiger partial charge in [0.25, 0.3) is 0 Å². The van der Waals surface area contributed by atoms with Gasteiger partial charge in [-0.3, -0.25) is 0 Å². The third kappa shape index (κ3) is 3.51. The number of halogens is 3. The maximum atomic E-state index is 13.7. The third-order valence-electron chi connectivity index (χ3n) is 2.76. The first kappa shape index (κ1) is 14.4. The second kappa shape index (κ2) is 5.96. The van der Waals surface area contributed by atoms with Crippen LogP contribution in [0.3, 0.4) is 0 Å². The van der Waals surface area contributed by atoms with Crippen molar-refractivity contribution in [1.82, 2.24) is 0 Å². The molecule has 106 valence electrons. The molecule has 1 N–H and O–H groups in total. The summed E-state index contributed by atoms with van der Waals surface area (Å²) in [6.07, 6.45) is -0.782. The van der Waals surface area contributed by atoms with Crippen molar-refractivity contribution in [3.63, 3.8) is 0 Å². The van der Waals surface area contributed by atoms with Crippen LogP contribution in [-0.2, 0) is 6.61 Å². The fourth-order valence-electron chi connectivity index (χ4n) is 1.75. The second-order valence-electron chi connectivity index (χ2n) is 4.43. The summed E-state index contributed by atoms with van der Waals surface area (Å²) in [5.74, 6) is -2.11. The van der Waals surface area contributed by atoms with Crippen LogP contribution >= 0.6 is 0 Å². The summed E-state index contributed by atoms with van der Waals surface area (Å²) in [4.78, 5) is 0. The molecule has 0 aromatic heterocycles. The van der Waals surface area contributed by atoms with Gasteiger partial charge in [-0.05, 0) is 42.3 Å². The van der Waals surface area contributed by atoms with E-state index in [0.717, 1.165) is 24.3 Å². The minimum absolute atomic E-state index is 0.0425. The molecular weight excluding hydrogens is 269 g/mol. The Kier molecular flexibility index (Phi) is 4.29. The Morgan fingerprint density at radius 1 is 1.05 bits per heavy atom. The van der Waals surface area contributed by atoms with Gasteiger partial charge >= 0.3 is 0 Å². The molecule has 2 rings (SSSR count). The largest absolute Gasteiger partial charge is 0.486 e. The lowest BCUT2D eigenvalue weighted by molar-refractivity contribution is 0.198. The Balaban J connectivity index is 2.11. The van der Waals surface area contributed by atoms with Crippen LogP contribution < -0.4 is 4.74 Å². The predicted octanol–water partition coefficient (Wildman–Crippen LogP) is 3.74. The van der Waals surface area contributed by atoms with E-state index in [9.17, 15) is 18.3 Å². The first-order valence-corrected chi connectivity index (χ1v) is 6.01. The molecule has 20 heavy (non-hydrogen) atoms. The molecule has 0 aliphatic carbocycles. The molecule has 0 aliphatic rings. The smallest absolute Gasteiger partial charge is 0.165 e. The van der Waals surface area contributed by atoms with Crippen molar-refractivity contribution in [2.24, 2.45) is 0 Å². The maximum Gasteiger partial charge on any atom is 0.165 e. The normalized spacial score (nSPS) is 12.2. The average Bonchev–Trinajstić information content (AvgIpc) is 2.36. The molecule has 2 nitrogen and oxygen atoms in total. The van der Waals surface area contributed by atoms with Gasteiger partial charge in [0.15, 0.2) is 11.6 Å². The monoisotopic (exact) mass is 282 g/mol. The minimum atomic E-state index is -0.782. The summed E-state index contributed by atoms with van der Waals surface area (Å²) in [5.41, 5.74) is 0.688. The van der Waals surface area contributed by atoms with E-state index in [-0.39, 0.29) is 17.9 Å². The number of aliphatic hydroxyl groups excluding tert-OH is 1. The summed E-state index contributed by atoms with van der Waals surface area (Å²) in [7, 11) is 0. The highest BCUT2D eigenvalue weighted by molar-refractivity contribution is 5.30. The predicted molar refractivity (Wildman–Crippen MR) is 67.7 cm³/mol. The SMILES string of the molecule is CC(O)c1ccc(OCc2cc(F)cc(F)c2)c(F)c1. The molecule has 0 bridgehead atoms. The van der Waals surface area contributed by atoms with E-state index in [4.69, 9.17) is 4.74 Å².